The molecule has 0 amide bonds. The molecule has 426 valence electrons. The largest absolute Gasteiger partial charge is 0.396 e. The van der Waals surface area contributed by atoms with E-state index in [-0.39, 0.29) is 0 Å². The van der Waals surface area contributed by atoms with Gasteiger partial charge in [0.15, 0.2) is 0 Å². The van der Waals surface area contributed by atoms with E-state index in [1.165, 1.54) is 81.4 Å². The molecule has 1 aromatic heterocycles. The number of nitrogens with one attached hydrogen (secondary N) is 1. The van der Waals surface area contributed by atoms with E-state index in [4.69, 9.17) is 32.6 Å². The van der Waals surface area contributed by atoms with Crippen LogP contribution in [-0.2, 0) is 356 Å². The third-order valence-corrected chi connectivity index (χ3v) is 87.3. The SMILES string of the molecule is OCCCCSSC1CCCCN1.OCCCCSSc1ccccn1.S=S.S=S=S=S=S=S=S=S=S=S=S=S=S=S=S=S=S=S=S=S=S=S=S=S=S=S=S=S=S=S=S=S=S=S=S=S=S.SC1CCCCC1. The van der Waals surface area contributed by atoms with Crippen LogP contribution in [0.25, 0.3) is 0 Å². The fourth-order valence-corrected chi connectivity index (χ4v) is 99.1. The van der Waals surface area contributed by atoms with Crippen LogP contribution in [0.4, 0.5) is 0 Å². The van der Waals surface area contributed by atoms with Crippen molar-refractivity contribution in [1.82, 2.24) is 10.3 Å². The van der Waals surface area contributed by atoms with Gasteiger partial charge in [0, 0.05) is 392 Å². The van der Waals surface area contributed by atoms with Crippen LogP contribution in [0.1, 0.15) is 77.0 Å². The van der Waals surface area contributed by atoms with Gasteiger partial charge in [0.05, 0.1) is 5.37 Å². The van der Waals surface area contributed by atoms with Crippen molar-refractivity contribution in [3.63, 3.8) is 0 Å². The molecule has 3 rings (SSSR count). The minimum Gasteiger partial charge on any atom is -0.396 e. The van der Waals surface area contributed by atoms with E-state index in [1.54, 1.807) is 134 Å². The van der Waals surface area contributed by atoms with Gasteiger partial charge >= 0.3 is 0 Å². The summed E-state index contributed by atoms with van der Waals surface area (Å²) in [5, 5.41) is 23.1. The maximum atomic E-state index is 8.59. The number of nitrogens with zero attached hydrogens (tertiary/aromatic N) is 1. The van der Waals surface area contributed by atoms with Crippen LogP contribution in [0.3, 0.4) is 0 Å². The summed E-state index contributed by atoms with van der Waals surface area (Å²) in [6.07, 6.45) is 16.9. The van der Waals surface area contributed by atoms with Gasteiger partial charge in [-0.3, -0.25) is 0 Å². The highest BCUT2D eigenvalue weighted by Crippen LogP contribution is 2.31. The van der Waals surface area contributed by atoms with Crippen molar-refractivity contribution in [1.29, 1.82) is 0 Å². The maximum Gasteiger partial charge on any atom is 0.106 e. The zero-order chi connectivity index (χ0) is 52.6. The highest BCUT2D eigenvalue weighted by Gasteiger charge is 2.12. The fraction of sp³-hybridized carbons (Fsp3) is 0.792. The number of hydrogen-bond donors (Lipinski definition) is 4. The first-order valence-corrected chi connectivity index (χ1v) is 73.1. The molecular formula is C24H44N2O2S44. The lowest BCUT2D eigenvalue weighted by Crippen LogP contribution is -2.30. The Balaban J connectivity index is 0. The topological polar surface area (TPSA) is 65.4 Å². The number of pyridine rings is 1. The first-order chi connectivity index (χ1) is 35.7. The summed E-state index contributed by atoms with van der Waals surface area (Å²) in [4.78, 5) is 4.19. The molecular weight excluding hydrogens is 1760 g/mol. The molecule has 1 aromatic rings. The predicted molar refractivity (Wildman–Crippen MR) is 444 cm³/mol. The van der Waals surface area contributed by atoms with E-state index in [2.05, 4.69) is 45.3 Å². The molecule has 3 N–H and O–H groups in total. The Hall–Kier alpha value is 9.36. The van der Waals surface area contributed by atoms with Crippen molar-refractivity contribution < 1.29 is 10.2 Å². The number of piperidine rings is 1. The zero-order valence-corrected chi connectivity index (χ0v) is 71.8. The Labute approximate surface area is 567 Å². The van der Waals surface area contributed by atoms with Crippen LogP contribution in [0.2, 0.25) is 0 Å². The van der Waals surface area contributed by atoms with Crippen LogP contribution >= 0.6 is 55.8 Å². The molecule has 1 unspecified atom stereocenters. The molecule has 0 bridgehead atoms. The number of aromatic nitrogens is 1. The van der Waals surface area contributed by atoms with Crippen molar-refractivity contribution in [2.24, 2.45) is 0 Å². The van der Waals surface area contributed by atoms with Crippen LogP contribution < -0.4 is 5.32 Å². The van der Waals surface area contributed by atoms with E-state index in [0.717, 1.165) is 41.7 Å². The quantitative estimate of drug-likeness (QED) is 0.0993. The number of aliphatic hydroxyl groups is 2. The molecule has 2 heterocycles. The van der Waals surface area contributed by atoms with Crippen molar-refractivity contribution in [2.75, 3.05) is 31.3 Å². The van der Waals surface area contributed by atoms with Crippen molar-refractivity contribution in [3.05, 3.63) is 24.4 Å². The molecule has 1 atom stereocenters. The normalized spacial score (nSPS) is 12.5. The molecule has 2 fully saturated rings. The summed E-state index contributed by atoms with van der Waals surface area (Å²) in [5.74, 6) is 2.24. The molecule has 1 saturated carbocycles. The molecule has 1 saturated heterocycles. The lowest BCUT2D eigenvalue weighted by Gasteiger charge is -2.21. The first kappa shape index (κ1) is 83.4. The van der Waals surface area contributed by atoms with E-state index in [9.17, 15) is 0 Å². The third kappa shape index (κ3) is 73.6. The number of unbranched alkanes of at least 4 members (excludes halogenated alkanes) is 2. The van der Waals surface area contributed by atoms with Crippen molar-refractivity contribution in [3.8, 4) is 0 Å². The van der Waals surface area contributed by atoms with Gasteiger partial charge in [-0.1, -0.05) is 57.7 Å². The fourth-order valence-electron chi connectivity index (χ4n) is 3.53. The Morgan fingerprint density at radius 1 is 0.472 bits per heavy atom. The number of hydrogen-bond acceptors (Lipinski definition) is 13. The summed E-state index contributed by atoms with van der Waals surface area (Å²) in [7, 11) is 69.3. The van der Waals surface area contributed by atoms with E-state index in [1.807, 2.05) is 226 Å². The molecule has 72 heavy (non-hydrogen) atoms. The van der Waals surface area contributed by atoms with Crippen LogP contribution in [0.15, 0.2) is 29.4 Å². The molecule has 1 aliphatic heterocycles. The van der Waals surface area contributed by atoms with Gasteiger partial charge in [-0.05, 0) is 87.3 Å². The second kappa shape index (κ2) is 78.4. The Morgan fingerprint density at radius 3 is 1.12 bits per heavy atom. The number of rotatable bonds is 12. The zero-order valence-electron chi connectivity index (χ0n) is 35.8. The average Bonchev–Trinajstić information content (AvgIpc) is 3.42. The smallest absolute Gasteiger partial charge is 0.106 e. The summed E-state index contributed by atoms with van der Waals surface area (Å²) < 4.78 is 0. The second-order valence-corrected chi connectivity index (χ2v) is 78.2. The predicted octanol–water partition coefficient (Wildman–Crippen LogP) is 6.99. The highest BCUT2D eigenvalue weighted by atomic mass is 33.5. The van der Waals surface area contributed by atoms with Crippen molar-refractivity contribution >= 4 is 411 Å². The highest BCUT2D eigenvalue weighted by molar-refractivity contribution is 8.81. The second-order valence-electron chi connectivity index (χ2n) is 10.5. The molecule has 1 aliphatic carbocycles. The van der Waals surface area contributed by atoms with Crippen LogP contribution in [-0.4, -0.2) is 57.1 Å². The van der Waals surface area contributed by atoms with Gasteiger partial charge < -0.3 is 15.5 Å². The van der Waals surface area contributed by atoms with E-state index >= 15 is 0 Å². The van der Waals surface area contributed by atoms with E-state index < -0.39 is 0 Å². The molecule has 2 aliphatic rings. The molecule has 0 aromatic carbocycles. The summed E-state index contributed by atoms with van der Waals surface area (Å²) >= 11 is 21.3. The minimum atomic E-state index is 0.300. The van der Waals surface area contributed by atoms with E-state index in [0.29, 0.717) is 18.6 Å². The van der Waals surface area contributed by atoms with Crippen LogP contribution in [0, 0.1) is 0 Å². The number of aliphatic hydroxyl groups excluding tert-OH is 2. The summed E-state index contributed by atoms with van der Waals surface area (Å²) in [6, 6.07) is 5.91. The van der Waals surface area contributed by atoms with Gasteiger partial charge in [0.1, 0.15) is 5.03 Å². The maximum absolute atomic E-state index is 8.59. The Morgan fingerprint density at radius 2 is 0.833 bits per heavy atom. The average molecular weight is 1800 g/mol. The molecule has 0 radical (unpaired) electrons. The molecule has 48 heteroatoms. The number of thiol groups is 1. The lowest BCUT2D eigenvalue weighted by atomic mass is 10.0. The first-order valence-electron chi connectivity index (χ1n) is 18.5. The molecule has 4 nitrogen and oxygen atoms in total. The van der Waals surface area contributed by atoms with Gasteiger partial charge in [0.2, 0.25) is 0 Å². The lowest BCUT2D eigenvalue weighted by molar-refractivity contribution is 0.287. The summed E-state index contributed by atoms with van der Waals surface area (Å²) in [5.41, 5.74) is 0. The van der Waals surface area contributed by atoms with Gasteiger partial charge in [-0.25, -0.2) is 4.98 Å². The minimum absolute atomic E-state index is 0.300. The standard InChI is InChI=1S/C9H19NOS2.C9H13NOS2.C6H12S.S37.S2/c2*11-7-3-4-8-12-13-9-5-1-2-6-10-9;7-6-4-2-1-3-5-6;1-3-5-7-9-11-13-15-17-19-21-23-25-27-29-31-33-35-37-36-34-32-30-28-26-24-22-20-18-16-14-12-10-8-6-4-2;1-2/h9-11H,1-8H2;1-2,5-6,11H,3-4,7-8H2;6-7H,1-5H2;;. The van der Waals surface area contributed by atoms with Gasteiger partial charge in [-0.15, -0.1) is 0 Å². The molecule has 0 spiro atoms. The van der Waals surface area contributed by atoms with Crippen molar-refractivity contribution in [2.45, 2.75) is 92.7 Å². The van der Waals surface area contributed by atoms with Crippen LogP contribution in [0.5, 0.6) is 0 Å². The summed E-state index contributed by atoms with van der Waals surface area (Å²) in [6.45, 7) is 1.83. The van der Waals surface area contributed by atoms with Gasteiger partial charge in [0.25, 0.3) is 0 Å². The third-order valence-electron chi connectivity index (χ3n) is 6.02. The Kier molecular flexibility index (Phi) is 90.8. The van der Waals surface area contributed by atoms with Gasteiger partial charge in [-0.2, -0.15) is 12.6 Å². The Bertz CT molecular complexity index is 3090. The monoisotopic (exact) mass is 1800 g/mol.